The van der Waals surface area contributed by atoms with Crippen molar-refractivity contribution in [2.45, 2.75) is 13.3 Å². The molecule has 0 saturated heterocycles. The highest BCUT2D eigenvalue weighted by molar-refractivity contribution is 6.35. The Hall–Kier alpha value is -2.06. The topological polar surface area (TPSA) is 24.9 Å². The maximum atomic E-state index is 6.40. The van der Waals surface area contributed by atoms with E-state index in [9.17, 15) is 0 Å². The summed E-state index contributed by atoms with van der Waals surface area (Å²) in [6, 6.07) is 16.4. The summed E-state index contributed by atoms with van der Waals surface area (Å²) in [7, 11) is 0. The van der Waals surface area contributed by atoms with Gasteiger partial charge in [-0.1, -0.05) is 41.9 Å². The summed E-state index contributed by atoms with van der Waals surface area (Å²) in [5.74, 6) is 0. The molecule has 0 aliphatic heterocycles. The Kier molecular flexibility index (Phi) is 4.07. The number of nitrogens with one attached hydrogen (secondary N) is 1. The van der Waals surface area contributed by atoms with Crippen LogP contribution in [0.5, 0.6) is 0 Å². The van der Waals surface area contributed by atoms with Crippen molar-refractivity contribution in [2.24, 2.45) is 0 Å². The second-order valence-corrected chi connectivity index (χ2v) is 5.52. The number of hydrogen-bond donors (Lipinski definition) is 1. The molecule has 1 aromatic heterocycles. The summed E-state index contributed by atoms with van der Waals surface area (Å²) in [6.07, 6.45) is 2.78. The van der Waals surface area contributed by atoms with Crippen molar-refractivity contribution in [3.05, 3.63) is 70.9 Å². The molecule has 0 atom stereocenters. The van der Waals surface area contributed by atoms with E-state index in [4.69, 9.17) is 11.6 Å². The molecule has 21 heavy (non-hydrogen) atoms. The molecule has 1 N–H and O–H groups in total. The lowest BCUT2D eigenvalue weighted by Crippen LogP contribution is -2.06. The predicted molar refractivity (Wildman–Crippen MR) is 90.1 cm³/mol. The van der Waals surface area contributed by atoms with Crippen molar-refractivity contribution in [3.8, 4) is 0 Å². The van der Waals surface area contributed by atoms with Crippen molar-refractivity contribution in [2.75, 3.05) is 11.9 Å². The van der Waals surface area contributed by atoms with Crippen molar-refractivity contribution in [3.63, 3.8) is 0 Å². The maximum absolute atomic E-state index is 6.40. The zero-order valence-corrected chi connectivity index (χ0v) is 12.7. The summed E-state index contributed by atoms with van der Waals surface area (Å²) in [6.45, 7) is 2.88. The number of benzene rings is 2. The number of rotatable bonds is 4. The van der Waals surface area contributed by atoms with Crippen LogP contribution in [0.15, 0.2) is 54.7 Å². The number of aromatic nitrogens is 1. The van der Waals surface area contributed by atoms with E-state index in [2.05, 4.69) is 40.6 Å². The van der Waals surface area contributed by atoms with E-state index in [-0.39, 0.29) is 0 Å². The molecule has 0 aliphatic carbocycles. The monoisotopic (exact) mass is 296 g/mol. The van der Waals surface area contributed by atoms with Crippen molar-refractivity contribution in [1.82, 2.24) is 4.98 Å². The number of anilines is 1. The van der Waals surface area contributed by atoms with Gasteiger partial charge < -0.3 is 5.32 Å². The van der Waals surface area contributed by atoms with Crippen LogP contribution in [0.1, 0.15) is 11.1 Å². The Balaban J connectivity index is 1.84. The van der Waals surface area contributed by atoms with Gasteiger partial charge in [0.25, 0.3) is 0 Å². The summed E-state index contributed by atoms with van der Waals surface area (Å²) >= 11 is 6.40. The Morgan fingerprint density at radius 3 is 2.71 bits per heavy atom. The van der Waals surface area contributed by atoms with Crippen molar-refractivity contribution >= 4 is 28.2 Å². The molecule has 0 amide bonds. The smallest absolute Gasteiger partial charge is 0.0752 e. The van der Waals surface area contributed by atoms with Crippen molar-refractivity contribution in [1.29, 1.82) is 0 Å². The Morgan fingerprint density at radius 2 is 1.90 bits per heavy atom. The second-order valence-electron chi connectivity index (χ2n) is 5.11. The van der Waals surface area contributed by atoms with Crippen molar-refractivity contribution < 1.29 is 0 Å². The molecule has 3 rings (SSSR count). The van der Waals surface area contributed by atoms with E-state index in [1.807, 2.05) is 31.3 Å². The average molecular weight is 297 g/mol. The van der Waals surface area contributed by atoms with Crippen LogP contribution >= 0.6 is 11.6 Å². The highest BCUT2D eigenvalue weighted by Gasteiger charge is 2.09. The van der Waals surface area contributed by atoms with Gasteiger partial charge in [-0.15, -0.1) is 0 Å². The molecule has 0 radical (unpaired) electrons. The summed E-state index contributed by atoms with van der Waals surface area (Å²) < 4.78 is 0. The molecule has 0 fully saturated rings. The minimum Gasteiger partial charge on any atom is -0.383 e. The molecule has 3 heteroatoms. The molecule has 0 saturated carbocycles. The van der Waals surface area contributed by atoms with Crippen LogP contribution in [0.25, 0.3) is 10.9 Å². The van der Waals surface area contributed by atoms with Crippen LogP contribution in [-0.4, -0.2) is 11.5 Å². The first-order valence-corrected chi connectivity index (χ1v) is 7.45. The Bertz CT molecular complexity index is 754. The van der Waals surface area contributed by atoms with Gasteiger partial charge in [0.1, 0.15) is 0 Å². The number of nitrogens with zero attached hydrogens (tertiary/aromatic N) is 1. The van der Waals surface area contributed by atoms with E-state index in [0.717, 1.165) is 40.1 Å². The number of halogens is 1. The lowest BCUT2D eigenvalue weighted by atomic mass is 10.1. The standard InChI is InChI=1S/C18H17ClN2/c1-13-12-16(19)18(15-8-5-10-20-17(13)15)21-11-9-14-6-3-2-4-7-14/h2-8,10,12,21H,9,11H2,1H3. The van der Waals surface area contributed by atoms with E-state index >= 15 is 0 Å². The van der Waals surface area contributed by atoms with Gasteiger partial charge >= 0.3 is 0 Å². The molecule has 2 nitrogen and oxygen atoms in total. The quantitative estimate of drug-likeness (QED) is 0.744. The van der Waals surface area contributed by atoms with Gasteiger partial charge in [0.15, 0.2) is 0 Å². The zero-order valence-electron chi connectivity index (χ0n) is 11.9. The minimum absolute atomic E-state index is 0.751. The lowest BCUT2D eigenvalue weighted by Gasteiger charge is -2.13. The highest BCUT2D eigenvalue weighted by Crippen LogP contribution is 2.32. The maximum Gasteiger partial charge on any atom is 0.0752 e. The lowest BCUT2D eigenvalue weighted by molar-refractivity contribution is 1.02. The normalized spacial score (nSPS) is 10.8. The van der Waals surface area contributed by atoms with Gasteiger partial charge in [0.2, 0.25) is 0 Å². The third-order valence-electron chi connectivity index (χ3n) is 3.59. The van der Waals surface area contributed by atoms with Crippen LogP contribution in [0, 0.1) is 6.92 Å². The van der Waals surface area contributed by atoms with E-state index in [1.165, 1.54) is 5.56 Å². The largest absolute Gasteiger partial charge is 0.383 e. The SMILES string of the molecule is Cc1cc(Cl)c(NCCc2ccccc2)c2cccnc12. The van der Waals surface area contributed by atoms with Gasteiger partial charge in [-0.2, -0.15) is 0 Å². The molecule has 3 aromatic rings. The molecule has 2 aromatic carbocycles. The zero-order chi connectivity index (χ0) is 14.7. The van der Waals surface area contributed by atoms with Gasteiger partial charge in [-0.05, 0) is 42.7 Å². The molecular formula is C18H17ClN2. The fraction of sp³-hybridized carbons (Fsp3) is 0.167. The van der Waals surface area contributed by atoms with Crippen LogP contribution in [0.3, 0.4) is 0 Å². The van der Waals surface area contributed by atoms with Gasteiger partial charge in [0.05, 0.1) is 16.2 Å². The Morgan fingerprint density at radius 1 is 1.10 bits per heavy atom. The first-order valence-electron chi connectivity index (χ1n) is 7.07. The molecule has 0 spiro atoms. The molecule has 0 aliphatic rings. The minimum atomic E-state index is 0.751. The molecule has 1 heterocycles. The van der Waals surface area contributed by atoms with Crippen LogP contribution in [0.4, 0.5) is 5.69 Å². The third kappa shape index (κ3) is 3.01. The number of aryl methyl sites for hydroxylation is 1. The van der Waals surface area contributed by atoms with E-state index in [0.29, 0.717) is 0 Å². The highest BCUT2D eigenvalue weighted by atomic mass is 35.5. The van der Waals surface area contributed by atoms with E-state index in [1.54, 1.807) is 0 Å². The summed E-state index contributed by atoms with van der Waals surface area (Å²) in [4.78, 5) is 4.45. The second kappa shape index (κ2) is 6.15. The first kappa shape index (κ1) is 13.9. The number of pyridine rings is 1. The molecule has 0 unspecified atom stereocenters. The summed E-state index contributed by atoms with van der Waals surface area (Å²) in [5.41, 5.74) is 4.39. The Labute approximate surface area is 129 Å². The predicted octanol–water partition coefficient (Wildman–Crippen LogP) is 4.85. The fourth-order valence-corrected chi connectivity index (χ4v) is 2.87. The van der Waals surface area contributed by atoms with Crippen LogP contribution < -0.4 is 5.32 Å². The average Bonchev–Trinajstić information content (AvgIpc) is 2.51. The van der Waals surface area contributed by atoms with Gasteiger partial charge in [-0.3, -0.25) is 4.98 Å². The number of hydrogen-bond acceptors (Lipinski definition) is 2. The summed E-state index contributed by atoms with van der Waals surface area (Å²) in [5, 5.41) is 5.29. The third-order valence-corrected chi connectivity index (χ3v) is 3.89. The van der Waals surface area contributed by atoms with E-state index < -0.39 is 0 Å². The first-order chi connectivity index (χ1) is 10.3. The molecular weight excluding hydrogens is 280 g/mol. The van der Waals surface area contributed by atoms with Gasteiger partial charge in [-0.25, -0.2) is 0 Å². The number of fused-ring (bicyclic) bond motifs is 1. The van der Waals surface area contributed by atoms with Crippen LogP contribution in [0.2, 0.25) is 5.02 Å². The van der Waals surface area contributed by atoms with Crippen LogP contribution in [-0.2, 0) is 6.42 Å². The molecule has 0 bridgehead atoms. The fourth-order valence-electron chi connectivity index (χ4n) is 2.54. The molecule has 106 valence electrons. The van der Waals surface area contributed by atoms with Gasteiger partial charge in [0, 0.05) is 18.1 Å².